The van der Waals surface area contributed by atoms with Crippen molar-refractivity contribution in [3.8, 4) is 5.75 Å². The molecule has 2 heterocycles. The number of rotatable bonds is 1. The van der Waals surface area contributed by atoms with Crippen LogP contribution in [0.4, 0.5) is 19.0 Å². The second-order valence-corrected chi connectivity index (χ2v) is 3.86. The number of alkyl halides is 3. The monoisotopic (exact) mass is 268 g/mol. The summed E-state index contributed by atoms with van der Waals surface area (Å²) < 4.78 is 40.4. The van der Waals surface area contributed by atoms with Gasteiger partial charge in [0, 0.05) is 10.9 Å². The van der Waals surface area contributed by atoms with Gasteiger partial charge in [0.15, 0.2) is 0 Å². The standard InChI is InChI=1S/C11H7F3N4O/c12-11(13,14)19-5-1-2-7-6(3-5)8-9(15)16-4-17-10(8)18-7/h1-4H,(H3,15,16,17,18). The molecular formula is C11H7F3N4O. The summed E-state index contributed by atoms with van der Waals surface area (Å²) in [6.45, 7) is 0. The Kier molecular flexibility index (Phi) is 2.28. The van der Waals surface area contributed by atoms with Gasteiger partial charge in [-0.25, -0.2) is 9.97 Å². The van der Waals surface area contributed by atoms with Gasteiger partial charge in [0.1, 0.15) is 23.5 Å². The molecule has 5 nitrogen and oxygen atoms in total. The van der Waals surface area contributed by atoms with E-state index in [0.29, 0.717) is 21.9 Å². The SMILES string of the molecule is Nc1ncnc2[nH]c3ccc(OC(F)(F)F)cc3c12. The molecule has 0 radical (unpaired) electrons. The predicted octanol–water partition coefficient (Wildman–Crippen LogP) is 2.59. The number of H-pyrrole nitrogens is 1. The first-order chi connectivity index (χ1) is 8.94. The second-order valence-electron chi connectivity index (χ2n) is 3.86. The van der Waals surface area contributed by atoms with E-state index in [0.717, 1.165) is 0 Å². The van der Waals surface area contributed by atoms with Gasteiger partial charge in [-0.1, -0.05) is 0 Å². The Bertz CT molecular complexity index is 766. The number of aromatic amines is 1. The first-order valence-electron chi connectivity index (χ1n) is 5.22. The molecule has 0 fully saturated rings. The van der Waals surface area contributed by atoms with E-state index >= 15 is 0 Å². The lowest BCUT2D eigenvalue weighted by atomic mass is 10.2. The number of nitrogens with one attached hydrogen (secondary N) is 1. The number of ether oxygens (including phenoxy) is 1. The zero-order valence-corrected chi connectivity index (χ0v) is 9.32. The minimum absolute atomic E-state index is 0.195. The lowest BCUT2D eigenvalue weighted by Gasteiger charge is -2.08. The van der Waals surface area contributed by atoms with Crippen LogP contribution in [0, 0.1) is 0 Å². The summed E-state index contributed by atoms with van der Waals surface area (Å²) in [5.74, 6) is -0.121. The van der Waals surface area contributed by atoms with E-state index in [4.69, 9.17) is 5.73 Å². The van der Waals surface area contributed by atoms with Crippen LogP contribution < -0.4 is 10.5 Å². The molecule has 0 aliphatic heterocycles. The Balaban J connectivity index is 2.24. The number of benzene rings is 1. The smallest absolute Gasteiger partial charge is 0.406 e. The molecule has 0 saturated heterocycles. The van der Waals surface area contributed by atoms with Crippen LogP contribution in [-0.4, -0.2) is 21.3 Å². The number of hydrogen-bond donors (Lipinski definition) is 2. The first-order valence-corrected chi connectivity index (χ1v) is 5.22. The molecule has 19 heavy (non-hydrogen) atoms. The number of aromatic nitrogens is 3. The maximum atomic E-state index is 12.2. The Morgan fingerprint density at radius 3 is 2.74 bits per heavy atom. The molecule has 0 atom stereocenters. The van der Waals surface area contributed by atoms with Crippen molar-refractivity contribution in [3.63, 3.8) is 0 Å². The van der Waals surface area contributed by atoms with E-state index in [1.165, 1.54) is 24.5 Å². The highest BCUT2D eigenvalue weighted by atomic mass is 19.4. The van der Waals surface area contributed by atoms with Crippen LogP contribution in [0.2, 0.25) is 0 Å². The van der Waals surface area contributed by atoms with Crippen molar-refractivity contribution in [1.82, 2.24) is 15.0 Å². The third-order valence-corrected chi connectivity index (χ3v) is 2.62. The summed E-state index contributed by atoms with van der Waals surface area (Å²) in [6, 6.07) is 3.94. The molecule has 8 heteroatoms. The van der Waals surface area contributed by atoms with E-state index < -0.39 is 6.36 Å². The molecule has 1 aromatic carbocycles. The van der Waals surface area contributed by atoms with E-state index in [1.54, 1.807) is 0 Å². The molecule has 0 bridgehead atoms. The van der Waals surface area contributed by atoms with Crippen molar-refractivity contribution in [1.29, 1.82) is 0 Å². The summed E-state index contributed by atoms with van der Waals surface area (Å²) >= 11 is 0. The van der Waals surface area contributed by atoms with Crippen molar-refractivity contribution in [2.45, 2.75) is 6.36 Å². The molecular weight excluding hydrogens is 261 g/mol. The van der Waals surface area contributed by atoms with Gasteiger partial charge in [-0.05, 0) is 18.2 Å². The van der Waals surface area contributed by atoms with E-state index in [9.17, 15) is 13.2 Å². The van der Waals surface area contributed by atoms with E-state index in [1.807, 2.05) is 0 Å². The minimum atomic E-state index is -4.73. The van der Waals surface area contributed by atoms with Gasteiger partial charge in [-0.3, -0.25) is 0 Å². The predicted molar refractivity (Wildman–Crippen MR) is 62.5 cm³/mol. The Labute approximate surface area is 104 Å². The van der Waals surface area contributed by atoms with E-state index in [-0.39, 0.29) is 11.6 Å². The van der Waals surface area contributed by atoms with Gasteiger partial charge in [0.25, 0.3) is 0 Å². The quantitative estimate of drug-likeness (QED) is 0.711. The Morgan fingerprint density at radius 2 is 2.00 bits per heavy atom. The molecule has 0 amide bonds. The summed E-state index contributed by atoms with van der Waals surface area (Å²) in [5.41, 5.74) is 6.78. The van der Waals surface area contributed by atoms with Gasteiger partial charge in [-0.15, -0.1) is 13.2 Å². The molecule has 0 aliphatic rings. The highest BCUT2D eigenvalue weighted by molar-refractivity contribution is 6.10. The van der Waals surface area contributed by atoms with Crippen molar-refractivity contribution < 1.29 is 17.9 Å². The first kappa shape index (κ1) is 11.6. The van der Waals surface area contributed by atoms with Crippen LogP contribution in [0.25, 0.3) is 21.9 Å². The van der Waals surface area contributed by atoms with Crippen LogP contribution >= 0.6 is 0 Å². The number of hydrogen-bond acceptors (Lipinski definition) is 4. The highest BCUT2D eigenvalue weighted by Crippen LogP contribution is 2.32. The molecule has 0 aliphatic carbocycles. The van der Waals surface area contributed by atoms with Crippen molar-refractivity contribution in [2.75, 3.05) is 5.73 Å². The third kappa shape index (κ3) is 2.01. The lowest BCUT2D eigenvalue weighted by molar-refractivity contribution is -0.274. The van der Waals surface area contributed by atoms with Gasteiger partial charge in [0.05, 0.1) is 5.39 Å². The fraction of sp³-hybridized carbons (Fsp3) is 0.0909. The number of nitrogens with two attached hydrogens (primary N) is 1. The molecule has 98 valence electrons. The Morgan fingerprint density at radius 1 is 1.21 bits per heavy atom. The lowest BCUT2D eigenvalue weighted by Crippen LogP contribution is -2.16. The highest BCUT2D eigenvalue weighted by Gasteiger charge is 2.31. The summed E-state index contributed by atoms with van der Waals surface area (Å²) in [5, 5.41) is 0.958. The average Bonchev–Trinajstić information content (AvgIpc) is 2.66. The minimum Gasteiger partial charge on any atom is -0.406 e. The van der Waals surface area contributed by atoms with Crippen LogP contribution in [0.5, 0.6) is 5.75 Å². The van der Waals surface area contributed by atoms with E-state index in [2.05, 4.69) is 19.7 Å². The van der Waals surface area contributed by atoms with Crippen molar-refractivity contribution in [3.05, 3.63) is 24.5 Å². The number of fused-ring (bicyclic) bond motifs is 3. The number of nitrogen functional groups attached to an aromatic ring is 1. The van der Waals surface area contributed by atoms with Gasteiger partial charge >= 0.3 is 6.36 Å². The third-order valence-electron chi connectivity index (χ3n) is 2.62. The van der Waals surface area contributed by atoms with Crippen LogP contribution in [0.3, 0.4) is 0 Å². The normalized spacial score (nSPS) is 12.2. The van der Waals surface area contributed by atoms with Crippen molar-refractivity contribution in [2.24, 2.45) is 0 Å². The fourth-order valence-corrected chi connectivity index (χ4v) is 1.92. The molecule has 3 N–H and O–H groups in total. The summed E-state index contributed by atoms with van der Waals surface area (Å²) in [7, 11) is 0. The van der Waals surface area contributed by atoms with Gasteiger partial charge < -0.3 is 15.5 Å². The molecule has 3 aromatic rings. The van der Waals surface area contributed by atoms with Gasteiger partial charge in [-0.2, -0.15) is 0 Å². The molecule has 2 aromatic heterocycles. The zero-order valence-electron chi connectivity index (χ0n) is 9.32. The average molecular weight is 268 g/mol. The topological polar surface area (TPSA) is 76.8 Å². The number of anilines is 1. The summed E-state index contributed by atoms with van der Waals surface area (Å²) in [6.07, 6.45) is -3.46. The fourth-order valence-electron chi connectivity index (χ4n) is 1.92. The maximum absolute atomic E-state index is 12.2. The summed E-state index contributed by atoms with van der Waals surface area (Å²) in [4.78, 5) is 10.7. The molecule has 3 rings (SSSR count). The maximum Gasteiger partial charge on any atom is 0.573 e. The van der Waals surface area contributed by atoms with Crippen molar-refractivity contribution >= 4 is 27.8 Å². The van der Waals surface area contributed by atoms with Crippen LogP contribution in [0.15, 0.2) is 24.5 Å². The Hall–Kier alpha value is -2.51. The molecule has 0 unspecified atom stereocenters. The molecule has 0 spiro atoms. The largest absolute Gasteiger partial charge is 0.573 e. The second kappa shape index (κ2) is 3.74. The van der Waals surface area contributed by atoms with Gasteiger partial charge in [0.2, 0.25) is 0 Å². The van der Waals surface area contributed by atoms with Crippen LogP contribution in [-0.2, 0) is 0 Å². The molecule has 0 saturated carbocycles. The van der Waals surface area contributed by atoms with Crippen LogP contribution in [0.1, 0.15) is 0 Å². The number of halogens is 3. The number of nitrogens with zero attached hydrogens (tertiary/aromatic N) is 2. The zero-order chi connectivity index (χ0) is 13.6.